The Kier molecular flexibility index (Phi) is 5.26. The lowest BCUT2D eigenvalue weighted by molar-refractivity contribution is -0.113. The van der Waals surface area contributed by atoms with Gasteiger partial charge in [-0.25, -0.2) is 8.42 Å². The van der Waals surface area contributed by atoms with Gasteiger partial charge in [-0.15, -0.1) is 11.8 Å². The van der Waals surface area contributed by atoms with Crippen molar-refractivity contribution in [3.63, 3.8) is 0 Å². The molecule has 4 nitrogen and oxygen atoms in total. The molecule has 0 saturated heterocycles. The molecule has 0 aromatic heterocycles. The second kappa shape index (κ2) is 6.98. The van der Waals surface area contributed by atoms with E-state index in [1.54, 1.807) is 12.1 Å². The molecule has 0 saturated carbocycles. The van der Waals surface area contributed by atoms with Gasteiger partial charge >= 0.3 is 0 Å². The summed E-state index contributed by atoms with van der Waals surface area (Å²) in [5, 5.41) is 2.76. The SMILES string of the molecule is Cc1ccccc1SCC(=O)Nc1ccc(S(C)(=O)=O)cc1. The van der Waals surface area contributed by atoms with Crippen LogP contribution in [0.2, 0.25) is 0 Å². The molecule has 116 valence electrons. The Balaban J connectivity index is 1.94. The summed E-state index contributed by atoms with van der Waals surface area (Å²) in [6.45, 7) is 2.00. The van der Waals surface area contributed by atoms with Gasteiger partial charge in [0.05, 0.1) is 10.6 Å². The Morgan fingerprint density at radius 2 is 1.73 bits per heavy atom. The van der Waals surface area contributed by atoms with E-state index < -0.39 is 9.84 Å². The third-order valence-electron chi connectivity index (χ3n) is 3.02. The highest BCUT2D eigenvalue weighted by molar-refractivity contribution is 8.00. The number of rotatable bonds is 5. The average molecular weight is 335 g/mol. The zero-order chi connectivity index (χ0) is 16.2. The van der Waals surface area contributed by atoms with Gasteiger partial charge in [-0.2, -0.15) is 0 Å². The summed E-state index contributed by atoms with van der Waals surface area (Å²) in [6, 6.07) is 14.0. The maximum atomic E-state index is 11.9. The number of hydrogen-bond donors (Lipinski definition) is 1. The molecule has 0 unspecified atom stereocenters. The quantitative estimate of drug-likeness (QED) is 0.853. The van der Waals surface area contributed by atoms with Gasteiger partial charge in [0.25, 0.3) is 0 Å². The van der Waals surface area contributed by atoms with Crippen LogP contribution in [-0.4, -0.2) is 26.3 Å². The van der Waals surface area contributed by atoms with Crippen LogP contribution in [0.5, 0.6) is 0 Å². The van der Waals surface area contributed by atoms with E-state index in [-0.39, 0.29) is 10.8 Å². The van der Waals surface area contributed by atoms with Gasteiger partial charge in [0.2, 0.25) is 5.91 Å². The Labute approximate surface area is 134 Å². The van der Waals surface area contributed by atoms with E-state index in [9.17, 15) is 13.2 Å². The van der Waals surface area contributed by atoms with E-state index >= 15 is 0 Å². The molecule has 1 N–H and O–H groups in total. The second-order valence-corrected chi connectivity index (χ2v) is 7.93. The normalized spacial score (nSPS) is 11.2. The van der Waals surface area contributed by atoms with Crippen molar-refractivity contribution in [2.75, 3.05) is 17.3 Å². The summed E-state index contributed by atoms with van der Waals surface area (Å²) >= 11 is 1.47. The van der Waals surface area contributed by atoms with Gasteiger partial charge in [0.1, 0.15) is 0 Å². The number of amides is 1. The molecular formula is C16H17NO3S2. The van der Waals surface area contributed by atoms with Gasteiger partial charge < -0.3 is 5.32 Å². The van der Waals surface area contributed by atoms with Gasteiger partial charge in [-0.3, -0.25) is 4.79 Å². The van der Waals surface area contributed by atoms with Gasteiger partial charge in [-0.05, 0) is 42.8 Å². The number of anilines is 1. The number of carbonyl (C=O) groups is 1. The van der Waals surface area contributed by atoms with Crippen molar-refractivity contribution < 1.29 is 13.2 Å². The predicted octanol–water partition coefficient (Wildman–Crippen LogP) is 3.13. The Morgan fingerprint density at radius 1 is 1.09 bits per heavy atom. The van der Waals surface area contributed by atoms with Crippen molar-refractivity contribution in [2.24, 2.45) is 0 Å². The van der Waals surface area contributed by atoms with Crippen LogP contribution in [0, 0.1) is 6.92 Å². The van der Waals surface area contributed by atoms with Crippen molar-refractivity contribution in [1.29, 1.82) is 0 Å². The third-order valence-corrected chi connectivity index (χ3v) is 5.32. The summed E-state index contributed by atoms with van der Waals surface area (Å²) in [4.78, 5) is 13.2. The van der Waals surface area contributed by atoms with E-state index in [0.717, 1.165) is 16.7 Å². The lowest BCUT2D eigenvalue weighted by atomic mass is 10.2. The molecule has 0 radical (unpaired) electrons. The van der Waals surface area contributed by atoms with E-state index in [1.807, 2.05) is 31.2 Å². The van der Waals surface area contributed by atoms with Gasteiger partial charge in [0.15, 0.2) is 9.84 Å². The van der Waals surface area contributed by atoms with Crippen LogP contribution in [0.4, 0.5) is 5.69 Å². The van der Waals surface area contributed by atoms with Crippen molar-refractivity contribution >= 4 is 33.2 Å². The molecule has 0 heterocycles. The number of carbonyl (C=O) groups excluding carboxylic acids is 1. The fourth-order valence-corrected chi connectivity index (χ4v) is 3.30. The van der Waals surface area contributed by atoms with E-state index in [0.29, 0.717) is 11.4 Å². The maximum Gasteiger partial charge on any atom is 0.234 e. The minimum Gasteiger partial charge on any atom is -0.325 e. The maximum absolute atomic E-state index is 11.9. The van der Waals surface area contributed by atoms with Crippen LogP contribution in [-0.2, 0) is 14.6 Å². The van der Waals surface area contributed by atoms with Crippen molar-refractivity contribution in [2.45, 2.75) is 16.7 Å². The largest absolute Gasteiger partial charge is 0.325 e. The minimum atomic E-state index is -3.22. The number of thioether (sulfide) groups is 1. The molecule has 22 heavy (non-hydrogen) atoms. The first kappa shape index (κ1) is 16.6. The summed E-state index contributed by atoms with van der Waals surface area (Å²) in [6.07, 6.45) is 1.15. The van der Waals surface area contributed by atoms with Crippen LogP contribution >= 0.6 is 11.8 Å². The van der Waals surface area contributed by atoms with Crippen LogP contribution in [0.25, 0.3) is 0 Å². The summed E-state index contributed by atoms with van der Waals surface area (Å²) in [5.41, 5.74) is 1.72. The van der Waals surface area contributed by atoms with Gasteiger partial charge in [0, 0.05) is 16.8 Å². The number of sulfone groups is 1. The monoisotopic (exact) mass is 335 g/mol. The van der Waals surface area contributed by atoms with E-state index in [1.165, 1.54) is 23.9 Å². The Morgan fingerprint density at radius 3 is 2.32 bits per heavy atom. The molecule has 1 amide bonds. The number of aryl methyl sites for hydroxylation is 1. The van der Waals surface area contributed by atoms with Crippen molar-refractivity contribution in [3.05, 3.63) is 54.1 Å². The predicted molar refractivity (Wildman–Crippen MR) is 90.1 cm³/mol. The molecule has 0 aliphatic carbocycles. The third kappa shape index (κ3) is 4.61. The molecule has 0 fully saturated rings. The Bertz CT molecular complexity index is 768. The highest BCUT2D eigenvalue weighted by atomic mass is 32.2. The Hall–Kier alpha value is -1.79. The highest BCUT2D eigenvalue weighted by Gasteiger charge is 2.08. The smallest absolute Gasteiger partial charge is 0.234 e. The lowest BCUT2D eigenvalue weighted by Gasteiger charge is -2.07. The zero-order valence-corrected chi connectivity index (χ0v) is 14.0. The molecule has 2 aromatic carbocycles. The molecule has 6 heteroatoms. The van der Waals surface area contributed by atoms with E-state index in [2.05, 4.69) is 5.32 Å². The highest BCUT2D eigenvalue weighted by Crippen LogP contribution is 2.22. The van der Waals surface area contributed by atoms with Crippen LogP contribution in [0.15, 0.2) is 58.3 Å². The standard InChI is InChI=1S/C16H17NO3S2/c1-12-5-3-4-6-15(12)21-11-16(18)17-13-7-9-14(10-8-13)22(2,19)20/h3-10H,11H2,1-2H3,(H,17,18). The molecule has 0 spiro atoms. The number of benzene rings is 2. The van der Waals surface area contributed by atoms with Gasteiger partial charge in [-0.1, -0.05) is 18.2 Å². The lowest BCUT2D eigenvalue weighted by Crippen LogP contribution is -2.14. The molecule has 2 aromatic rings. The first-order chi connectivity index (χ1) is 10.4. The summed E-state index contributed by atoms with van der Waals surface area (Å²) in [5.74, 6) is 0.180. The van der Waals surface area contributed by atoms with Crippen LogP contribution in [0.3, 0.4) is 0 Å². The summed E-state index contributed by atoms with van der Waals surface area (Å²) in [7, 11) is -3.22. The number of nitrogens with one attached hydrogen (secondary N) is 1. The molecule has 0 atom stereocenters. The van der Waals surface area contributed by atoms with Crippen molar-refractivity contribution in [1.82, 2.24) is 0 Å². The number of hydrogen-bond acceptors (Lipinski definition) is 4. The van der Waals surface area contributed by atoms with Crippen LogP contribution < -0.4 is 5.32 Å². The fraction of sp³-hybridized carbons (Fsp3) is 0.188. The molecule has 0 aliphatic rings. The zero-order valence-electron chi connectivity index (χ0n) is 12.4. The second-order valence-electron chi connectivity index (χ2n) is 4.90. The molecular weight excluding hydrogens is 318 g/mol. The first-order valence-electron chi connectivity index (χ1n) is 6.64. The molecule has 2 rings (SSSR count). The minimum absolute atomic E-state index is 0.125. The molecule has 0 bridgehead atoms. The van der Waals surface area contributed by atoms with E-state index in [4.69, 9.17) is 0 Å². The molecule has 0 aliphatic heterocycles. The fourth-order valence-electron chi connectivity index (χ4n) is 1.84. The average Bonchev–Trinajstić information content (AvgIpc) is 2.46. The summed E-state index contributed by atoms with van der Waals surface area (Å²) < 4.78 is 22.7. The topological polar surface area (TPSA) is 63.2 Å². The van der Waals surface area contributed by atoms with Crippen molar-refractivity contribution in [3.8, 4) is 0 Å². The van der Waals surface area contributed by atoms with Crippen LogP contribution in [0.1, 0.15) is 5.56 Å². The first-order valence-corrected chi connectivity index (χ1v) is 9.52.